The summed E-state index contributed by atoms with van der Waals surface area (Å²) in [5.74, 6) is 1.59. The van der Waals surface area contributed by atoms with Crippen molar-refractivity contribution in [3.63, 3.8) is 0 Å². The van der Waals surface area contributed by atoms with Crippen LogP contribution in [0.4, 0.5) is 0 Å². The molecule has 0 amide bonds. The third kappa shape index (κ3) is 3.41. The average molecular weight is 250 g/mol. The lowest BCUT2D eigenvalue weighted by molar-refractivity contribution is 0.384. The summed E-state index contributed by atoms with van der Waals surface area (Å²) in [7, 11) is 0. The van der Waals surface area contributed by atoms with Crippen LogP contribution in [0.2, 0.25) is 0 Å². The molecule has 0 aromatic carbocycles. The highest BCUT2D eigenvalue weighted by Gasteiger charge is 2.12. The van der Waals surface area contributed by atoms with Crippen molar-refractivity contribution in [2.24, 2.45) is 0 Å². The summed E-state index contributed by atoms with van der Waals surface area (Å²) in [6.07, 6.45) is 1.80. The molecule has 4 heteroatoms. The molecule has 2 heterocycles. The lowest BCUT2D eigenvalue weighted by Gasteiger charge is -2.18. The van der Waals surface area contributed by atoms with E-state index in [2.05, 4.69) is 50.1 Å². The molecule has 92 valence electrons. The van der Waals surface area contributed by atoms with Crippen molar-refractivity contribution < 1.29 is 4.42 Å². The molecule has 0 saturated heterocycles. The summed E-state index contributed by atoms with van der Waals surface area (Å²) in [6, 6.07) is 4.16. The minimum Gasteiger partial charge on any atom is -0.438 e. The highest BCUT2D eigenvalue weighted by molar-refractivity contribution is 7.15. The highest BCUT2D eigenvalue weighted by Crippen LogP contribution is 2.28. The maximum absolute atomic E-state index is 5.72. The second-order valence-corrected chi connectivity index (χ2v) is 6.42. The minimum absolute atomic E-state index is 0.0775. The zero-order chi connectivity index (χ0) is 12.5. The van der Waals surface area contributed by atoms with Crippen LogP contribution in [-0.2, 0) is 6.54 Å². The molecule has 0 spiro atoms. The smallest absolute Gasteiger partial charge is 0.208 e. The van der Waals surface area contributed by atoms with Crippen LogP contribution in [-0.4, -0.2) is 10.5 Å². The summed E-state index contributed by atoms with van der Waals surface area (Å²) < 4.78 is 5.72. The van der Waals surface area contributed by atoms with Crippen molar-refractivity contribution in [1.82, 2.24) is 10.3 Å². The Labute approximate surface area is 106 Å². The molecule has 2 aromatic rings. The lowest BCUT2D eigenvalue weighted by atomic mass is 10.1. The molecular formula is C13H18N2OS. The van der Waals surface area contributed by atoms with Crippen LogP contribution in [0.15, 0.2) is 22.7 Å². The zero-order valence-electron chi connectivity index (χ0n) is 10.7. The van der Waals surface area contributed by atoms with Gasteiger partial charge in [0, 0.05) is 10.4 Å². The van der Waals surface area contributed by atoms with E-state index in [1.807, 2.05) is 0 Å². The van der Waals surface area contributed by atoms with Gasteiger partial charge < -0.3 is 9.73 Å². The van der Waals surface area contributed by atoms with Crippen LogP contribution >= 0.6 is 11.3 Å². The second-order valence-electron chi connectivity index (χ2n) is 5.13. The summed E-state index contributed by atoms with van der Waals surface area (Å²) in [5, 5.41) is 3.36. The molecule has 0 saturated carbocycles. The maximum atomic E-state index is 5.72. The van der Waals surface area contributed by atoms with Gasteiger partial charge in [-0.05, 0) is 39.8 Å². The predicted molar refractivity (Wildman–Crippen MR) is 71.1 cm³/mol. The van der Waals surface area contributed by atoms with Gasteiger partial charge in [0.1, 0.15) is 0 Å². The first-order valence-corrected chi connectivity index (χ1v) is 6.52. The number of oxazole rings is 1. The summed E-state index contributed by atoms with van der Waals surface area (Å²) in [4.78, 5) is 6.70. The van der Waals surface area contributed by atoms with Gasteiger partial charge in [0.2, 0.25) is 5.89 Å². The number of aryl methyl sites for hydroxylation is 1. The van der Waals surface area contributed by atoms with Crippen molar-refractivity contribution >= 4 is 11.3 Å². The molecule has 0 bridgehead atoms. The molecule has 0 aliphatic carbocycles. The maximum Gasteiger partial charge on any atom is 0.208 e. The second kappa shape index (κ2) is 4.63. The van der Waals surface area contributed by atoms with Crippen molar-refractivity contribution in [2.75, 3.05) is 0 Å². The van der Waals surface area contributed by atoms with Gasteiger partial charge in [0.25, 0.3) is 0 Å². The van der Waals surface area contributed by atoms with E-state index in [0.29, 0.717) is 6.54 Å². The van der Waals surface area contributed by atoms with Crippen molar-refractivity contribution in [3.05, 3.63) is 29.1 Å². The number of hydrogen-bond acceptors (Lipinski definition) is 4. The van der Waals surface area contributed by atoms with Gasteiger partial charge >= 0.3 is 0 Å². The van der Waals surface area contributed by atoms with Gasteiger partial charge in [-0.15, -0.1) is 11.3 Å². The standard InChI is InChI=1S/C13H18N2OS/c1-9-5-6-11(17-9)10-7-14-12(16-10)8-15-13(2,3)4/h5-7,15H,8H2,1-4H3. The molecule has 0 fully saturated rings. The quantitative estimate of drug-likeness (QED) is 0.904. The van der Waals surface area contributed by atoms with E-state index in [9.17, 15) is 0 Å². The Balaban J connectivity index is 2.06. The van der Waals surface area contributed by atoms with Crippen LogP contribution in [0.1, 0.15) is 31.5 Å². The Morgan fingerprint density at radius 2 is 2.12 bits per heavy atom. The van der Waals surface area contributed by atoms with E-state index in [0.717, 1.165) is 16.5 Å². The fraction of sp³-hybridized carbons (Fsp3) is 0.462. The third-order valence-corrected chi connectivity index (χ3v) is 3.32. The van der Waals surface area contributed by atoms with E-state index in [1.165, 1.54) is 4.88 Å². The molecule has 17 heavy (non-hydrogen) atoms. The first kappa shape index (κ1) is 12.3. The van der Waals surface area contributed by atoms with Gasteiger partial charge in [0.05, 0.1) is 17.6 Å². The zero-order valence-corrected chi connectivity index (χ0v) is 11.5. The van der Waals surface area contributed by atoms with E-state index in [1.54, 1.807) is 17.5 Å². The molecule has 0 atom stereocenters. The minimum atomic E-state index is 0.0775. The van der Waals surface area contributed by atoms with Gasteiger partial charge in [-0.25, -0.2) is 4.98 Å². The summed E-state index contributed by atoms with van der Waals surface area (Å²) >= 11 is 1.72. The normalized spacial score (nSPS) is 12.0. The first-order chi connectivity index (χ1) is 7.94. The Kier molecular flexibility index (Phi) is 3.35. The lowest BCUT2D eigenvalue weighted by Crippen LogP contribution is -2.35. The third-order valence-electron chi connectivity index (χ3n) is 2.31. The van der Waals surface area contributed by atoms with Gasteiger partial charge in [0.15, 0.2) is 5.76 Å². The number of nitrogens with zero attached hydrogens (tertiary/aromatic N) is 1. The van der Waals surface area contributed by atoms with Gasteiger partial charge in [-0.3, -0.25) is 0 Å². The molecule has 2 aromatic heterocycles. The SMILES string of the molecule is Cc1ccc(-c2cnc(CNC(C)(C)C)o2)s1. The predicted octanol–water partition coefficient (Wildman–Crippen LogP) is 3.60. The fourth-order valence-corrected chi connectivity index (χ4v) is 2.23. The first-order valence-electron chi connectivity index (χ1n) is 5.70. The van der Waals surface area contributed by atoms with Crippen molar-refractivity contribution in [1.29, 1.82) is 0 Å². The largest absolute Gasteiger partial charge is 0.438 e. The molecule has 0 unspecified atom stereocenters. The van der Waals surface area contributed by atoms with Gasteiger partial charge in [-0.1, -0.05) is 0 Å². The van der Waals surface area contributed by atoms with Crippen molar-refractivity contribution in [2.45, 2.75) is 39.8 Å². The molecule has 0 aliphatic rings. The Morgan fingerprint density at radius 3 is 2.71 bits per heavy atom. The monoisotopic (exact) mass is 250 g/mol. The number of thiophene rings is 1. The average Bonchev–Trinajstić information content (AvgIpc) is 2.81. The van der Waals surface area contributed by atoms with Gasteiger partial charge in [-0.2, -0.15) is 0 Å². The Morgan fingerprint density at radius 1 is 1.35 bits per heavy atom. The van der Waals surface area contributed by atoms with E-state index < -0.39 is 0 Å². The molecule has 2 rings (SSSR count). The summed E-state index contributed by atoms with van der Waals surface area (Å²) in [6.45, 7) is 9.12. The number of rotatable bonds is 3. The van der Waals surface area contributed by atoms with Crippen molar-refractivity contribution in [3.8, 4) is 10.6 Å². The Hall–Kier alpha value is -1.13. The van der Waals surface area contributed by atoms with Crippen LogP contribution in [0.3, 0.4) is 0 Å². The molecule has 0 aliphatic heterocycles. The number of nitrogens with one attached hydrogen (secondary N) is 1. The topological polar surface area (TPSA) is 38.1 Å². The molecule has 3 nitrogen and oxygen atoms in total. The molecule has 1 N–H and O–H groups in total. The van der Waals surface area contributed by atoms with Crippen LogP contribution in [0, 0.1) is 6.92 Å². The fourth-order valence-electron chi connectivity index (χ4n) is 1.41. The van der Waals surface area contributed by atoms with Crippen LogP contribution < -0.4 is 5.32 Å². The number of aromatic nitrogens is 1. The van der Waals surface area contributed by atoms with E-state index >= 15 is 0 Å². The van der Waals surface area contributed by atoms with Crippen LogP contribution in [0.5, 0.6) is 0 Å². The summed E-state index contributed by atoms with van der Waals surface area (Å²) in [5.41, 5.74) is 0.0775. The van der Waals surface area contributed by atoms with E-state index in [-0.39, 0.29) is 5.54 Å². The number of hydrogen-bond donors (Lipinski definition) is 1. The Bertz CT molecular complexity index is 493. The van der Waals surface area contributed by atoms with E-state index in [4.69, 9.17) is 4.42 Å². The highest BCUT2D eigenvalue weighted by atomic mass is 32.1. The van der Waals surface area contributed by atoms with Crippen LogP contribution in [0.25, 0.3) is 10.6 Å². The molecular weight excluding hydrogens is 232 g/mol. The molecule has 0 radical (unpaired) electrons.